The minimum absolute atomic E-state index is 0.00993. The fraction of sp³-hybridized carbons (Fsp3) is 0.273. The Kier molecular flexibility index (Phi) is 3.73. The van der Waals surface area contributed by atoms with E-state index in [-0.39, 0.29) is 18.2 Å². The Labute approximate surface area is 105 Å². The van der Waals surface area contributed by atoms with Gasteiger partial charge in [0.05, 0.1) is 12.3 Å². The summed E-state index contributed by atoms with van der Waals surface area (Å²) in [5, 5.41) is 3.79. The Morgan fingerprint density at radius 2 is 2.00 bits per heavy atom. The highest BCUT2D eigenvalue weighted by Gasteiger charge is 2.11. The number of benzene rings is 1. The molecule has 0 aliphatic heterocycles. The van der Waals surface area contributed by atoms with E-state index in [1.54, 1.807) is 6.92 Å². The van der Waals surface area contributed by atoms with Crippen molar-refractivity contribution >= 4 is 10.0 Å². The van der Waals surface area contributed by atoms with Crippen LogP contribution in [0.15, 0.2) is 34.9 Å². The first kappa shape index (κ1) is 12.7. The van der Waals surface area contributed by atoms with Crippen LogP contribution in [0.1, 0.15) is 12.8 Å². The Morgan fingerprint density at radius 1 is 1.28 bits per heavy atom. The molecule has 2 aromatic rings. The molecule has 1 heterocycles. The van der Waals surface area contributed by atoms with Gasteiger partial charge in [0.2, 0.25) is 21.7 Å². The average molecular weight is 267 g/mol. The lowest BCUT2D eigenvalue weighted by Crippen LogP contribution is -2.24. The zero-order valence-corrected chi connectivity index (χ0v) is 10.6. The first-order valence-electron chi connectivity index (χ1n) is 5.46. The highest BCUT2D eigenvalue weighted by Crippen LogP contribution is 2.14. The van der Waals surface area contributed by atoms with E-state index in [0.717, 1.165) is 5.56 Å². The minimum atomic E-state index is -3.25. The van der Waals surface area contributed by atoms with Gasteiger partial charge in [-0.3, -0.25) is 0 Å². The second-order valence-electron chi connectivity index (χ2n) is 3.60. The van der Waals surface area contributed by atoms with Gasteiger partial charge >= 0.3 is 0 Å². The Balaban J connectivity index is 2.08. The van der Waals surface area contributed by atoms with Crippen molar-refractivity contribution in [1.29, 1.82) is 0 Å². The predicted octanol–water partition coefficient (Wildman–Crippen LogP) is 1.18. The van der Waals surface area contributed by atoms with Gasteiger partial charge in [0.25, 0.3) is 0 Å². The molecule has 0 amide bonds. The van der Waals surface area contributed by atoms with Gasteiger partial charge in [0, 0.05) is 5.56 Å². The van der Waals surface area contributed by atoms with E-state index in [0.29, 0.717) is 5.82 Å². The second-order valence-corrected chi connectivity index (χ2v) is 5.70. The fourth-order valence-corrected chi connectivity index (χ4v) is 1.85. The molecule has 2 rings (SSSR count). The molecule has 0 fully saturated rings. The van der Waals surface area contributed by atoms with Crippen molar-refractivity contribution < 1.29 is 12.9 Å². The zero-order valence-electron chi connectivity index (χ0n) is 9.83. The normalized spacial score (nSPS) is 11.6. The van der Waals surface area contributed by atoms with Gasteiger partial charge in [-0.2, -0.15) is 4.98 Å². The van der Waals surface area contributed by atoms with E-state index >= 15 is 0 Å². The standard InChI is InChI=1S/C11H13N3O3S/c1-2-18(15,16)12-8-10-13-11(14-17-10)9-6-4-3-5-7-9/h3-7,12H,2,8H2,1H3. The summed E-state index contributed by atoms with van der Waals surface area (Å²) in [4.78, 5) is 4.11. The third kappa shape index (κ3) is 3.14. The molecule has 0 aliphatic rings. The van der Waals surface area contributed by atoms with E-state index in [2.05, 4.69) is 14.9 Å². The molecule has 0 spiro atoms. The van der Waals surface area contributed by atoms with Crippen molar-refractivity contribution in [1.82, 2.24) is 14.9 Å². The summed E-state index contributed by atoms with van der Waals surface area (Å²) in [5.41, 5.74) is 0.825. The molecule has 0 aliphatic carbocycles. The molecule has 18 heavy (non-hydrogen) atoms. The average Bonchev–Trinajstić information content (AvgIpc) is 2.86. The number of nitrogens with one attached hydrogen (secondary N) is 1. The molecule has 0 atom stereocenters. The molecular weight excluding hydrogens is 254 g/mol. The monoisotopic (exact) mass is 267 g/mol. The van der Waals surface area contributed by atoms with Crippen molar-refractivity contribution in [3.05, 3.63) is 36.2 Å². The molecule has 0 saturated heterocycles. The van der Waals surface area contributed by atoms with E-state index in [4.69, 9.17) is 4.52 Å². The van der Waals surface area contributed by atoms with E-state index in [1.807, 2.05) is 30.3 Å². The van der Waals surface area contributed by atoms with Gasteiger partial charge in [-0.15, -0.1) is 0 Å². The first-order chi connectivity index (χ1) is 8.61. The highest BCUT2D eigenvalue weighted by molar-refractivity contribution is 7.89. The molecule has 96 valence electrons. The molecule has 1 aromatic carbocycles. The van der Waals surface area contributed by atoms with Gasteiger partial charge in [0.15, 0.2) is 0 Å². The third-order valence-corrected chi connectivity index (χ3v) is 3.67. The summed E-state index contributed by atoms with van der Waals surface area (Å²) in [5.74, 6) is 0.708. The SMILES string of the molecule is CCS(=O)(=O)NCc1nc(-c2ccccc2)no1. The zero-order chi connectivity index (χ0) is 13.0. The molecule has 0 saturated carbocycles. The first-order valence-corrected chi connectivity index (χ1v) is 7.11. The second kappa shape index (κ2) is 5.28. The Hall–Kier alpha value is -1.73. The van der Waals surface area contributed by atoms with Crippen LogP contribution >= 0.6 is 0 Å². The quantitative estimate of drug-likeness (QED) is 0.879. The maximum Gasteiger partial charge on any atom is 0.242 e. The van der Waals surface area contributed by atoms with E-state index in [9.17, 15) is 8.42 Å². The van der Waals surface area contributed by atoms with Crippen LogP contribution in [-0.4, -0.2) is 24.3 Å². The lowest BCUT2D eigenvalue weighted by atomic mass is 10.2. The van der Waals surface area contributed by atoms with Gasteiger partial charge in [0.1, 0.15) is 0 Å². The molecule has 6 nitrogen and oxygen atoms in total. The van der Waals surface area contributed by atoms with Gasteiger partial charge in [-0.25, -0.2) is 13.1 Å². The Morgan fingerprint density at radius 3 is 2.67 bits per heavy atom. The number of sulfonamides is 1. The predicted molar refractivity (Wildman–Crippen MR) is 66.0 cm³/mol. The van der Waals surface area contributed by atoms with E-state index in [1.165, 1.54) is 0 Å². The van der Waals surface area contributed by atoms with Crippen LogP contribution in [0.3, 0.4) is 0 Å². The summed E-state index contributed by atoms with van der Waals surface area (Å²) in [6.07, 6.45) is 0. The van der Waals surface area contributed by atoms with Gasteiger partial charge in [-0.05, 0) is 6.92 Å². The van der Waals surface area contributed by atoms with Crippen LogP contribution in [0.4, 0.5) is 0 Å². The van der Waals surface area contributed by atoms with Crippen molar-refractivity contribution in [3.8, 4) is 11.4 Å². The molecule has 1 N–H and O–H groups in total. The Bertz CT molecular complexity index is 607. The number of nitrogens with zero attached hydrogens (tertiary/aromatic N) is 2. The molecular formula is C11H13N3O3S. The van der Waals surface area contributed by atoms with Crippen LogP contribution in [0.5, 0.6) is 0 Å². The van der Waals surface area contributed by atoms with E-state index < -0.39 is 10.0 Å². The topological polar surface area (TPSA) is 85.1 Å². The van der Waals surface area contributed by atoms with Crippen molar-refractivity contribution in [2.75, 3.05) is 5.75 Å². The summed E-state index contributed by atoms with van der Waals surface area (Å²) in [6.45, 7) is 1.57. The number of rotatable bonds is 5. The van der Waals surface area contributed by atoms with Gasteiger partial charge < -0.3 is 4.52 Å². The highest BCUT2D eigenvalue weighted by atomic mass is 32.2. The maximum atomic E-state index is 11.2. The summed E-state index contributed by atoms with van der Waals surface area (Å²) in [7, 11) is -3.25. The summed E-state index contributed by atoms with van der Waals surface area (Å²) in [6, 6.07) is 9.33. The lowest BCUT2D eigenvalue weighted by molar-refractivity contribution is 0.376. The summed E-state index contributed by atoms with van der Waals surface area (Å²) < 4.78 is 29.8. The minimum Gasteiger partial charge on any atom is -0.338 e. The van der Waals surface area contributed by atoms with Crippen LogP contribution in [0.2, 0.25) is 0 Å². The molecule has 0 bridgehead atoms. The van der Waals surface area contributed by atoms with Crippen LogP contribution in [0.25, 0.3) is 11.4 Å². The van der Waals surface area contributed by atoms with Crippen molar-refractivity contribution in [2.24, 2.45) is 0 Å². The van der Waals surface area contributed by atoms with Crippen LogP contribution < -0.4 is 4.72 Å². The van der Waals surface area contributed by atoms with Crippen molar-refractivity contribution in [3.63, 3.8) is 0 Å². The smallest absolute Gasteiger partial charge is 0.242 e. The molecule has 7 heteroatoms. The van der Waals surface area contributed by atoms with Crippen LogP contribution in [0, 0.1) is 0 Å². The number of hydrogen-bond acceptors (Lipinski definition) is 5. The van der Waals surface area contributed by atoms with Crippen molar-refractivity contribution in [2.45, 2.75) is 13.5 Å². The summed E-state index contributed by atoms with van der Waals surface area (Å²) >= 11 is 0. The maximum absolute atomic E-state index is 11.2. The molecule has 0 radical (unpaired) electrons. The van der Waals surface area contributed by atoms with Crippen LogP contribution in [-0.2, 0) is 16.6 Å². The largest absolute Gasteiger partial charge is 0.338 e. The third-order valence-electron chi connectivity index (χ3n) is 2.32. The lowest BCUT2D eigenvalue weighted by Gasteiger charge is -1.99. The molecule has 0 unspecified atom stereocenters. The fourth-order valence-electron chi connectivity index (χ4n) is 1.30. The number of aromatic nitrogens is 2. The van der Waals surface area contributed by atoms with Gasteiger partial charge in [-0.1, -0.05) is 35.5 Å². The number of hydrogen-bond donors (Lipinski definition) is 1. The molecule has 1 aromatic heterocycles.